The molecule has 0 spiro atoms. The number of benzene rings is 1. The van der Waals surface area contributed by atoms with Crippen LogP contribution in [0.4, 0.5) is 0 Å². The van der Waals surface area contributed by atoms with Crippen LogP contribution in [0.1, 0.15) is 28.6 Å². The number of fused-ring (bicyclic) bond motifs is 1. The molecule has 1 aliphatic heterocycles. The number of carbonyl (C=O) groups excluding carboxylic acids is 1. The van der Waals surface area contributed by atoms with Gasteiger partial charge in [-0.15, -0.1) is 11.3 Å². The minimum atomic E-state index is 0.114. The monoisotopic (exact) mass is 385 g/mol. The van der Waals surface area contributed by atoms with Gasteiger partial charge in [0.1, 0.15) is 0 Å². The van der Waals surface area contributed by atoms with Gasteiger partial charge in [-0.2, -0.15) is 5.10 Å². The first kappa shape index (κ1) is 17.3. The van der Waals surface area contributed by atoms with Crippen LogP contribution in [-0.2, 0) is 24.3 Å². The number of rotatable bonds is 3. The third-order valence-corrected chi connectivity index (χ3v) is 6.02. The minimum Gasteiger partial charge on any atom is -0.338 e. The molecule has 3 heterocycles. The maximum Gasteiger partial charge on any atom is 0.219 e. The lowest BCUT2D eigenvalue weighted by Gasteiger charge is -2.26. The molecule has 4 rings (SSSR count). The summed E-state index contributed by atoms with van der Waals surface area (Å²) in [5.41, 5.74) is 5.69. The van der Waals surface area contributed by atoms with Gasteiger partial charge in [0.2, 0.25) is 5.91 Å². The molecule has 134 valence electrons. The topological polar surface area (TPSA) is 38.1 Å². The van der Waals surface area contributed by atoms with Crippen LogP contribution in [0.25, 0.3) is 11.3 Å². The van der Waals surface area contributed by atoms with E-state index >= 15 is 0 Å². The zero-order valence-electron chi connectivity index (χ0n) is 14.8. The third kappa shape index (κ3) is 3.29. The summed E-state index contributed by atoms with van der Waals surface area (Å²) in [6, 6.07) is 12.4. The van der Waals surface area contributed by atoms with Crippen LogP contribution >= 0.6 is 22.9 Å². The van der Waals surface area contributed by atoms with Gasteiger partial charge in [0.05, 0.1) is 16.6 Å². The van der Waals surface area contributed by atoms with Gasteiger partial charge in [0.15, 0.2) is 0 Å². The summed E-state index contributed by atoms with van der Waals surface area (Å²) in [5, 5.41) is 4.94. The Bertz CT molecular complexity index is 975. The summed E-state index contributed by atoms with van der Waals surface area (Å²) in [6.07, 6.45) is 0.826. The molecule has 1 amide bonds. The highest BCUT2D eigenvalue weighted by Gasteiger charge is 2.27. The fourth-order valence-electron chi connectivity index (χ4n) is 3.50. The van der Waals surface area contributed by atoms with Gasteiger partial charge in [0, 0.05) is 48.1 Å². The number of halogens is 1. The van der Waals surface area contributed by atoms with Crippen LogP contribution in [-0.4, -0.2) is 27.1 Å². The number of nitrogens with zero attached hydrogens (tertiary/aromatic N) is 3. The molecule has 3 aromatic rings. The molecule has 0 bridgehead atoms. The van der Waals surface area contributed by atoms with Gasteiger partial charge >= 0.3 is 0 Å². The quantitative estimate of drug-likeness (QED) is 0.664. The average Bonchev–Trinajstić information content (AvgIpc) is 3.18. The summed E-state index contributed by atoms with van der Waals surface area (Å²) in [4.78, 5) is 15.0. The molecule has 26 heavy (non-hydrogen) atoms. The Morgan fingerprint density at radius 1 is 1.31 bits per heavy atom. The molecule has 0 fully saturated rings. The first-order chi connectivity index (χ1) is 12.5. The Kier molecular flexibility index (Phi) is 4.59. The average molecular weight is 386 g/mol. The fourth-order valence-corrected chi connectivity index (χ4v) is 4.57. The third-order valence-electron chi connectivity index (χ3n) is 4.81. The summed E-state index contributed by atoms with van der Waals surface area (Å²) < 4.78 is 2.88. The summed E-state index contributed by atoms with van der Waals surface area (Å²) in [7, 11) is 0. The fraction of sp³-hybridized carbons (Fsp3) is 0.300. The van der Waals surface area contributed by atoms with Gasteiger partial charge in [-0.05, 0) is 25.1 Å². The lowest BCUT2D eigenvalue weighted by Crippen LogP contribution is -2.34. The Balaban J connectivity index is 1.79. The number of aromatic nitrogens is 2. The largest absolute Gasteiger partial charge is 0.338 e. The maximum absolute atomic E-state index is 11.9. The van der Waals surface area contributed by atoms with E-state index in [4.69, 9.17) is 16.7 Å². The highest BCUT2D eigenvalue weighted by Crippen LogP contribution is 2.32. The molecule has 2 aromatic heterocycles. The standard InChI is InChI=1S/C20H20ClN3OS/c1-13-4-3-5-15(10-13)20-17-12-23(14(2)25)9-8-18(17)24(22-20)11-16-6-7-19(21)26-16/h3-7,10H,8-9,11-12H2,1-2H3. The van der Waals surface area contributed by atoms with Crippen molar-refractivity contribution in [2.75, 3.05) is 6.54 Å². The molecule has 4 nitrogen and oxygen atoms in total. The van der Waals surface area contributed by atoms with E-state index in [-0.39, 0.29) is 5.91 Å². The summed E-state index contributed by atoms with van der Waals surface area (Å²) >= 11 is 7.67. The Labute approximate surface area is 162 Å². The van der Waals surface area contributed by atoms with Crippen molar-refractivity contribution in [2.45, 2.75) is 33.4 Å². The van der Waals surface area contributed by atoms with Gasteiger partial charge < -0.3 is 4.90 Å². The van der Waals surface area contributed by atoms with Crippen molar-refractivity contribution >= 4 is 28.8 Å². The van der Waals surface area contributed by atoms with Crippen molar-refractivity contribution in [3.8, 4) is 11.3 Å². The van der Waals surface area contributed by atoms with Crippen molar-refractivity contribution in [1.82, 2.24) is 14.7 Å². The van der Waals surface area contributed by atoms with E-state index < -0.39 is 0 Å². The van der Waals surface area contributed by atoms with E-state index in [0.29, 0.717) is 13.1 Å². The van der Waals surface area contributed by atoms with Crippen LogP contribution in [0.15, 0.2) is 36.4 Å². The number of hydrogen-bond acceptors (Lipinski definition) is 3. The van der Waals surface area contributed by atoms with Gasteiger partial charge in [-0.25, -0.2) is 0 Å². The Morgan fingerprint density at radius 3 is 2.85 bits per heavy atom. The molecule has 6 heteroatoms. The molecule has 0 N–H and O–H groups in total. The number of carbonyl (C=O) groups is 1. The molecule has 0 radical (unpaired) electrons. The predicted molar refractivity (Wildman–Crippen MR) is 106 cm³/mol. The molecule has 1 aromatic carbocycles. The zero-order valence-corrected chi connectivity index (χ0v) is 16.4. The van der Waals surface area contributed by atoms with Crippen LogP contribution in [0.2, 0.25) is 4.34 Å². The van der Waals surface area contributed by atoms with Crippen molar-refractivity contribution in [1.29, 1.82) is 0 Å². The number of thiophene rings is 1. The van der Waals surface area contributed by atoms with Crippen LogP contribution in [0, 0.1) is 6.92 Å². The molecule has 0 saturated carbocycles. The van der Waals surface area contributed by atoms with Crippen LogP contribution in [0.3, 0.4) is 0 Å². The van der Waals surface area contributed by atoms with Crippen molar-refractivity contribution < 1.29 is 4.79 Å². The van der Waals surface area contributed by atoms with Crippen LogP contribution in [0.5, 0.6) is 0 Å². The van der Waals surface area contributed by atoms with E-state index in [9.17, 15) is 4.79 Å². The second-order valence-electron chi connectivity index (χ2n) is 6.70. The van der Waals surface area contributed by atoms with Crippen molar-refractivity contribution in [2.24, 2.45) is 0 Å². The highest BCUT2D eigenvalue weighted by molar-refractivity contribution is 7.16. The molecule has 0 unspecified atom stereocenters. The van der Waals surface area contributed by atoms with Gasteiger partial charge in [-0.1, -0.05) is 35.4 Å². The zero-order chi connectivity index (χ0) is 18.3. The van der Waals surface area contributed by atoms with E-state index in [0.717, 1.165) is 28.6 Å². The molecule has 1 aliphatic rings. The van der Waals surface area contributed by atoms with Crippen molar-refractivity contribution in [3.63, 3.8) is 0 Å². The number of aryl methyl sites for hydroxylation is 1. The smallest absolute Gasteiger partial charge is 0.219 e. The van der Waals surface area contributed by atoms with Gasteiger partial charge in [0.25, 0.3) is 0 Å². The summed E-state index contributed by atoms with van der Waals surface area (Å²) in [6.45, 7) is 5.80. The first-order valence-corrected chi connectivity index (χ1v) is 9.86. The summed E-state index contributed by atoms with van der Waals surface area (Å²) in [5.74, 6) is 0.114. The second kappa shape index (κ2) is 6.89. The number of amides is 1. The Hall–Kier alpha value is -2.11. The molecule has 0 aliphatic carbocycles. The predicted octanol–water partition coefficient (Wildman–Crippen LogP) is 4.53. The lowest BCUT2D eigenvalue weighted by molar-refractivity contribution is -0.129. The van der Waals surface area contributed by atoms with Crippen LogP contribution < -0.4 is 0 Å². The van der Waals surface area contributed by atoms with E-state index in [1.807, 2.05) is 11.0 Å². The minimum absolute atomic E-state index is 0.114. The van der Waals surface area contributed by atoms with E-state index in [1.165, 1.54) is 21.7 Å². The first-order valence-electron chi connectivity index (χ1n) is 8.66. The second-order valence-corrected chi connectivity index (χ2v) is 8.50. The number of hydrogen-bond donors (Lipinski definition) is 0. The molecule has 0 atom stereocenters. The Morgan fingerprint density at radius 2 is 2.15 bits per heavy atom. The SMILES string of the molecule is CC(=O)N1CCc2c(c(-c3cccc(C)c3)nn2Cc2ccc(Cl)s2)C1. The molecule has 0 saturated heterocycles. The van der Waals surface area contributed by atoms with E-state index in [2.05, 4.69) is 41.9 Å². The highest BCUT2D eigenvalue weighted by atomic mass is 35.5. The molecular formula is C20H20ClN3OS. The molecular weight excluding hydrogens is 366 g/mol. The van der Waals surface area contributed by atoms with E-state index in [1.54, 1.807) is 18.3 Å². The lowest BCUT2D eigenvalue weighted by atomic mass is 10.00. The van der Waals surface area contributed by atoms with Gasteiger partial charge in [-0.3, -0.25) is 9.48 Å². The maximum atomic E-state index is 11.9. The normalized spacial score (nSPS) is 13.7. The van der Waals surface area contributed by atoms with Crippen molar-refractivity contribution in [3.05, 3.63) is 62.4 Å².